The van der Waals surface area contributed by atoms with Crippen molar-refractivity contribution in [3.8, 4) is 5.75 Å². The maximum Gasteiger partial charge on any atom is 0.415 e. The fourth-order valence-corrected chi connectivity index (χ4v) is 5.70. The second-order valence-corrected chi connectivity index (χ2v) is 10.9. The molecule has 0 bridgehead atoms. The van der Waals surface area contributed by atoms with Crippen molar-refractivity contribution in [3.05, 3.63) is 53.6 Å². The summed E-state index contributed by atoms with van der Waals surface area (Å²) in [5, 5.41) is 0. The summed E-state index contributed by atoms with van der Waals surface area (Å²) in [6, 6.07) is 12.9. The molecule has 7 nitrogen and oxygen atoms in total. The number of ether oxygens (including phenoxy) is 2. The van der Waals surface area contributed by atoms with Gasteiger partial charge in [-0.05, 0) is 62.9 Å². The molecule has 2 aliphatic heterocycles. The molecule has 8 heteroatoms. The first-order chi connectivity index (χ1) is 14.6. The van der Waals surface area contributed by atoms with Crippen LogP contribution in [0, 0.1) is 0 Å². The molecule has 166 valence electrons. The van der Waals surface area contributed by atoms with Crippen molar-refractivity contribution in [3.63, 3.8) is 0 Å². The van der Waals surface area contributed by atoms with Crippen LogP contribution >= 0.6 is 0 Å². The third kappa shape index (κ3) is 4.21. The van der Waals surface area contributed by atoms with Gasteiger partial charge in [0.1, 0.15) is 11.4 Å². The molecule has 1 atom stereocenters. The molecular formula is C23H28N2O5S. The standard InChI is InChI=1S/C23H28N2O5S/c1-23(2,3)30-22(26)25-20(14-17-8-11-19(29-4)15-21(17)25)16-6-9-18(10-7-16)24-12-5-13-31(24,27)28/h6-11,15,20H,5,12-14H2,1-4H3. The number of hydrogen-bond acceptors (Lipinski definition) is 5. The Hall–Kier alpha value is -2.74. The van der Waals surface area contributed by atoms with Crippen LogP contribution in [-0.4, -0.2) is 39.5 Å². The van der Waals surface area contributed by atoms with Crippen molar-refractivity contribution in [1.82, 2.24) is 0 Å². The molecule has 1 amide bonds. The summed E-state index contributed by atoms with van der Waals surface area (Å²) in [4.78, 5) is 14.8. The summed E-state index contributed by atoms with van der Waals surface area (Å²) >= 11 is 0. The maximum atomic E-state index is 13.1. The van der Waals surface area contributed by atoms with E-state index < -0.39 is 21.7 Å². The van der Waals surface area contributed by atoms with Gasteiger partial charge < -0.3 is 9.47 Å². The Balaban J connectivity index is 1.68. The summed E-state index contributed by atoms with van der Waals surface area (Å²) in [6.45, 7) is 6.02. The van der Waals surface area contributed by atoms with E-state index in [1.54, 1.807) is 12.0 Å². The number of carbonyl (C=O) groups excluding carboxylic acids is 1. The van der Waals surface area contributed by atoms with Crippen LogP contribution in [0.15, 0.2) is 42.5 Å². The van der Waals surface area contributed by atoms with Crippen LogP contribution in [0.25, 0.3) is 0 Å². The molecule has 1 unspecified atom stereocenters. The zero-order valence-electron chi connectivity index (χ0n) is 18.3. The van der Waals surface area contributed by atoms with Crippen LogP contribution < -0.4 is 13.9 Å². The number of methoxy groups -OCH3 is 1. The number of amides is 1. The first-order valence-electron chi connectivity index (χ1n) is 10.4. The summed E-state index contributed by atoms with van der Waals surface area (Å²) < 4.78 is 37.0. The second kappa shape index (κ2) is 7.75. The number of hydrogen-bond donors (Lipinski definition) is 0. The van der Waals surface area contributed by atoms with Gasteiger partial charge in [-0.25, -0.2) is 13.2 Å². The van der Waals surface area contributed by atoms with Gasteiger partial charge in [0.05, 0.1) is 30.3 Å². The predicted molar refractivity (Wildman–Crippen MR) is 120 cm³/mol. The van der Waals surface area contributed by atoms with Crippen molar-refractivity contribution >= 4 is 27.5 Å². The van der Waals surface area contributed by atoms with Gasteiger partial charge >= 0.3 is 6.09 Å². The molecule has 2 aliphatic rings. The van der Waals surface area contributed by atoms with E-state index in [1.165, 1.54) is 4.31 Å². The molecule has 2 heterocycles. The molecule has 31 heavy (non-hydrogen) atoms. The number of sulfonamides is 1. The molecule has 0 N–H and O–H groups in total. The number of carbonyl (C=O) groups is 1. The van der Waals surface area contributed by atoms with Gasteiger partial charge in [0, 0.05) is 12.6 Å². The number of fused-ring (bicyclic) bond motifs is 1. The van der Waals surface area contributed by atoms with Crippen molar-refractivity contribution < 1.29 is 22.7 Å². The minimum atomic E-state index is -3.23. The van der Waals surface area contributed by atoms with Crippen LogP contribution in [-0.2, 0) is 21.2 Å². The van der Waals surface area contributed by atoms with E-state index in [0.29, 0.717) is 30.8 Å². The molecule has 1 saturated heterocycles. The molecule has 0 spiro atoms. The smallest absolute Gasteiger partial charge is 0.415 e. The average molecular weight is 445 g/mol. The SMILES string of the molecule is COc1ccc2c(c1)N(C(=O)OC(C)(C)C)C(c1ccc(N3CCCS3(=O)=O)cc1)C2. The Morgan fingerprint density at radius 1 is 1.10 bits per heavy atom. The Labute approximate surface area is 183 Å². The molecule has 2 aromatic carbocycles. The van der Waals surface area contributed by atoms with E-state index in [2.05, 4.69) is 0 Å². The van der Waals surface area contributed by atoms with Gasteiger partial charge in [-0.2, -0.15) is 0 Å². The first kappa shape index (κ1) is 21.5. The van der Waals surface area contributed by atoms with Crippen molar-refractivity contribution in [2.45, 2.75) is 45.3 Å². The van der Waals surface area contributed by atoms with E-state index in [-0.39, 0.29) is 11.8 Å². The highest BCUT2D eigenvalue weighted by Gasteiger charge is 2.38. The van der Waals surface area contributed by atoms with Gasteiger partial charge in [-0.1, -0.05) is 18.2 Å². The topological polar surface area (TPSA) is 76.2 Å². The van der Waals surface area contributed by atoms with Crippen molar-refractivity contribution in [2.75, 3.05) is 28.6 Å². The average Bonchev–Trinajstić information content (AvgIpc) is 3.25. The fraction of sp³-hybridized carbons (Fsp3) is 0.435. The van der Waals surface area contributed by atoms with Gasteiger partial charge in [-0.15, -0.1) is 0 Å². The lowest BCUT2D eigenvalue weighted by molar-refractivity contribution is 0.0569. The Morgan fingerprint density at radius 2 is 1.81 bits per heavy atom. The zero-order valence-corrected chi connectivity index (χ0v) is 19.1. The molecule has 0 aliphatic carbocycles. The highest BCUT2D eigenvalue weighted by molar-refractivity contribution is 7.93. The van der Waals surface area contributed by atoms with Gasteiger partial charge in [-0.3, -0.25) is 9.21 Å². The first-order valence-corrected chi connectivity index (χ1v) is 12.0. The lowest BCUT2D eigenvalue weighted by Crippen LogP contribution is -2.37. The lowest BCUT2D eigenvalue weighted by Gasteiger charge is -2.29. The molecular weight excluding hydrogens is 416 g/mol. The number of benzene rings is 2. The van der Waals surface area contributed by atoms with Crippen LogP contribution in [0.5, 0.6) is 5.75 Å². The van der Waals surface area contributed by atoms with E-state index in [0.717, 1.165) is 16.8 Å². The lowest BCUT2D eigenvalue weighted by atomic mass is 10.0. The highest BCUT2D eigenvalue weighted by atomic mass is 32.2. The molecule has 0 saturated carbocycles. The van der Waals surface area contributed by atoms with Crippen LogP contribution in [0.2, 0.25) is 0 Å². The molecule has 0 aromatic heterocycles. The Kier molecular flexibility index (Phi) is 5.37. The van der Waals surface area contributed by atoms with E-state index >= 15 is 0 Å². The maximum absolute atomic E-state index is 13.1. The van der Waals surface area contributed by atoms with Gasteiger partial charge in [0.15, 0.2) is 0 Å². The number of rotatable bonds is 3. The van der Waals surface area contributed by atoms with Crippen molar-refractivity contribution in [1.29, 1.82) is 0 Å². The van der Waals surface area contributed by atoms with E-state index in [9.17, 15) is 13.2 Å². The number of anilines is 2. The third-order valence-corrected chi connectivity index (χ3v) is 7.40. The second-order valence-electron chi connectivity index (χ2n) is 8.90. The summed E-state index contributed by atoms with van der Waals surface area (Å²) in [5.74, 6) is 0.851. The molecule has 2 aromatic rings. The van der Waals surface area contributed by atoms with Crippen LogP contribution in [0.1, 0.15) is 44.4 Å². The zero-order chi connectivity index (χ0) is 22.4. The predicted octanol–water partition coefficient (Wildman–Crippen LogP) is 4.27. The Morgan fingerprint density at radius 3 is 2.39 bits per heavy atom. The van der Waals surface area contributed by atoms with Gasteiger partial charge in [0.25, 0.3) is 0 Å². The summed E-state index contributed by atoms with van der Waals surface area (Å²) in [6.07, 6.45) is 0.853. The van der Waals surface area contributed by atoms with Crippen molar-refractivity contribution in [2.24, 2.45) is 0 Å². The minimum absolute atomic E-state index is 0.181. The largest absolute Gasteiger partial charge is 0.497 e. The normalized spacial score (nSPS) is 19.9. The quantitative estimate of drug-likeness (QED) is 0.707. The molecule has 4 rings (SSSR count). The van der Waals surface area contributed by atoms with Crippen LogP contribution in [0.4, 0.5) is 16.2 Å². The van der Waals surface area contributed by atoms with E-state index in [4.69, 9.17) is 9.47 Å². The summed E-state index contributed by atoms with van der Waals surface area (Å²) in [5.41, 5.74) is 2.74. The highest BCUT2D eigenvalue weighted by Crippen LogP contribution is 2.43. The third-order valence-electron chi connectivity index (χ3n) is 5.53. The monoisotopic (exact) mass is 444 g/mol. The molecule has 0 radical (unpaired) electrons. The fourth-order valence-electron chi connectivity index (χ4n) is 4.13. The van der Waals surface area contributed by atoms with Crippen LogP contribution in [0.3, 0.4) is 0 Å². The number of nitrogens with zero attached hydrogens (tertiary/aromatic N) is 2. The minimum Gasteiger partial charge on any atom is -0.497 e. The molecule has 1 fully saturated rings. The van der Waals surface area contributed by atoms with E-state index in [1.807, 2.05) is 63.2 Å². The summed E-state index contributed by atoms with van der Waals surface area (Å²) in [7, 11) is -1.64. The van der Waals surface area contributed by atoms with Gasteiger partial charge in [0.2, 0.25) is 10.0 Å². The Bertz CT molecular complexity index is 1090.